The van der Waals surface area contributed by atoms with Crippen LogP contribution in [0.3, 0.4) is 0 Å². The third kappa shape index (κ3) is 4.19. The zero-order chi connectivity index (χ0) is 12.8. The van der Waals surface area contributed by atoms with Gasteiger partial charge in [-0.15, -0.1) is 0 Å². The SMILES string of the molecule is CCOc1ncnc(NC(C)CC(C)N)c1C. The van der Waals surface area contributed by atoms with E-state index in [9.17, 15) is 0 Å². The minimum atomic E-state index is 0.172. The van der Waals surface area contributed by atoms with Crippen molar-refractivity contribution < 1.29 is 4.74 Å². The highest BCUT2D eigenvalue weighted by Crippen LogP contribution is 2.21. The molecule has 0 fully saturated rings. The van der Waals surface area contributed by atoms with Gasteiger partial charge in [-0.05, 0) is 34.1 Å². The molecular formula is C12H22N4O. The molecule has 2 atom stereocenters. The van der Waals surface area contributed by atoms with Gasteiger partial charge in [-0.2, -0.15) is 0 Å². The Hall–Kier alpha value is -1.36. The Morgan fingerprint density at radius 1 is 1.41 bits per heavy atom. The molecule has 2 unspecified atom stereocenters. The smallest absolute Gasteiger partial charge is 0.221 e. The van der Waals surface area contributed by atoms with E-state index in [1.807, 2.05) is 20.8 Å². The average molecular weight is 238 g/mol. The highest BCUT2D eigenvalue weighted by atomic mass is 16.5. The molecule has 1 heterocycles. The predicted molar refractivity (Wildman–Crippen MR) is 69.3 cm³/mol. The van der Waals surface area contributed by atoms with E-state index in [4.69, 9.17) is 10.5 Å². The van der Waals surface area contributed by atoms with E-state index < -0.39 is 0 Å². The largest absolute Gasteiger partial charge is 0.478 e. The van der Waals surface area contributed by atoms with Crippen LogP contribution >= 0.6 is 0 Å². The number of anilines is 1. The molecule has 0 radical (unpaired) electrons. The van der Waals surface area contributed by atoms with E-state index in [2.05, 4.69) is 22.2 Å². The average Bonchev–Trinajstić information content (AvgIpc) is 2.23. The summed E-state index contributed by atoms with van der Waals surface area (Å²) in [6, 6.07) is 0.448. The Morgan fingerprint density at radius 3 is 2.71 bits per heavy atom. The molecule has 0 aliphatic rings. The summed E-state index contributed by atoms with van der Waals surface area (Å²) in [4.78, 5) is 8.32. The number of ether oxygens (including phenoxy) is 1. The lowest BCUT2D eigenvalue weighted by molar-refractivity contribution is 0.324. The topological polar surface area (TPSA) is 73.1 Å². The molecule has 96 valence electrons. The van der Waals surface area contributed by atoms with Crippen LogP contribution in [0.15, 0.2) is 6.33 Å². The molecule has 0 saturated carbocycles. The first kappa shape index (κ1) is 13.7. The molecule has 17 heavy (non-hydrogen) atoms. The highest BCUT2D eigenvalue weighted by molar-refractivity contribution is 5.48. The quantitative estimate of drug-likeness (QED) is 0.789. The van der Waals surface area contributed by atoms with Gasteiger partial charge in [0.1, 0.15) is 12.1 Å². The van der Waals surface area contributed by atoms with Crippen LogP contribution in [0.25, 0.3) is 0 Å². The van der Waals surface area contributed by atoms with Crippen molar-refractivity contribution in [3.8, 4) is 5.88 Å². The first-order valence-electron chi connectivity index (χ1n) is 6.01. The monoisotopic (exact) mass is 238 g/mol. The number of aromatic nitrogens is 2. The zero-order valence-corrected chi connectivity index (χ0v) is 11.0. The molecule has 0 aliphatic carbocycles. The number of nitrogens with zero attached hydrogens (tertiary/aromatic N) is 2. The van der Waals surface area contributed by atoms with Crippen molar-refractivity contribution in [3.63, 3.8) is 0 Å². The van der Waals surface area contributed by atoms with Crippen LogP contribution in [-0.2, 0) is 0 Å². The maximum absolute atomic E-state index is 5.77. The number of rotatable bonds is 6. The Balaban J connectivity index is 2.73. The number of nitrogens with one attached hydrogen (secondary N) is 1. The van der Waals surface area contributed by atoms with Gasteiger partial charge < -0.3 is 15.8 Å². The second kappa shape index (κ2) is 6.39. The summed E-state index contributed by atoms with van der Waals surface area (Å²) >= 11 is 0. The van der Waals surface area contributed by atoms with Crippen molar-refractivity contribution in [1.29, 1.82) is 0 Å². The summed E-state index contributed by atoms with van der Waals surface area (Å²) in [5.74, 6) is 1.45. The maximum Gasteiger partial charge on any atom is 0.221 e. The predicted octanol–water partition coefficient (Wildman–Crippen LogP) is 1.72. The van der Waals surface area contributed by atoms with Crippen molar-refractivity contribution in [2.75, 3.05) is 11.9 Å². The number of hydrogen-bond donors (Lipinski definition) is 2. The minimum Gasteiger partial charge on any atom is -0.478 e. The molecule has 0 amide bonds. The van der Waals surface area contributed by atoms with Gasteiger partial charge in [-0.3, -0.25) is 0 Å². The van der Waals surface area contributed by atoms with E-state index in [-0.39, 0.29) is 12.1 Å². The third-order valence-corrected chi connectivity index (χ3v) is 2.43. The maximum atomic E-state index is 5.77. The van der Waals surface area contributed by atoms with Crippen molar-refractivity contribution >= 4 is 5.82 Å². The van der Waals surface area contributed by atoms with E-state index in [0.29, 0.717) is 12.5 Å². The summed E-state index contributed by atoms with van der Waals surface area (Å²) in [5, 5.41) is 3.33. The van der Waals surface area contributed by atoms with Crippen LogP contribution in [-0.4, -0.2) is 28.7 Å². The molecule has 5 nitrogen and oxygen atoms in total. The van der Waals surface area contributed by atoms with Gasteiger partial charge >= 0.3 is 0 Å². The Morgan fingerprint density at radius 2 is 2.12 bits per heavy atom. The Bertz CT molecular complexity index is 354. The molecule has 1 rings (SSSR count). The van der Waals surface area contributed by atoms with E-state index >= 15 is 0 Å². The van der Waals surface area contributed by atoms with Crippen molar-refractivity contribution in [3.05, 3.63) is 11.9 Å². The molecule has 1 aromatic heterocycles. The molecule has 1 aromatic rings. The summed E-state index contributed by atoms with van der Waals surface area (Å²) in [6.45, 7) is 8.58. The fourth-order valence-electron chi connectivity index (χ4n) is 1.71. The normalized spacial score (nSPS) is 14.2. The summed E-state index contributed by atoms with van der Waals surface area (Å²) in [7, 11) is 0. The minimum absolute atomic E-state index is 0.172. The van der Waals surface area contributed by atoms with E-state index in [1.54, 1.807) is 0 Å². The first-order chi connectivity index (χ1) is 8.04. The van der Waals surface area contributed by atoms with Crippen LogP contribution < -0.4 is 15.8 Å². The van der Waals surface area contributed by atoms with E-state index in [0.717, 1.165) is 17.8 Å². The summed E-state index contributed by atoms with van der Waals surface area (Å²) in [6.07, 6.45) is 2.41. The molecule has 3 N–H and O–H groups in total. The molecule has 5 heteroatoms. The number of nitrogens with two attached hydrogens (primary N) is 1. The van der Waals surface area contributed by atoms with Crippen LogP contribution in [0.5, 0.6) is 5.88 Å². The van der Waals surface area contributed by atoms with Crippen LogP contribution in [0.4, 0.5) is 5.82 Å². The van der Waals surface area contributed by atoms with Crippen molar-refractivity contribution in [2.45, 2.75) is 46.2 Å². The summed E-state index contributed by atoms with van der Waals surface area (Å²) < 4.78 is 5.42. The fraction of sp³-hybridized carbons (Fsp3) is 0.667. The van der Waals surface area contributed by atoms with Gasteiger partial charge in [-0.1, -0.05) is 0 Å². The Labute approximate surface area is 103 Å². The fourth-order valence-corrected chi connectivity index (χ4v) is 1.71. The lowest BCUT2D eigenvalue weighted by Gasteiger charge is -2.18. The molecule has 0 spiro atoms. The first-order valence-corrected chi connectivity index (χ1v) is 6.01. The molecular weight excluding hydrogens is 216 g/mol. The molecule has 0 bridgehead atoms. The van der Waals surface area contributed by atoms with Crippen molar-refractivity contribution in [2.24, 2.45) is 5.73 Å². The molecule has 0 saturated heterocycles. The van der Waals surface area contributed by atoms with Crippen LogP contribution in [0.2, 0.25) is 0 Å². The van der Waals surface area contributed by atoms with E-state index in [1.165, 1.54) is 6.33 Å². The zero-order valence-electron chi connectivity index (χ0n) is 11.0. The van der Waals surface area contributed by atoms with Crippen molar-refractivity contribution in [1.82, 2.24) is 9.97 Å². The highest BCUT2D eigenvalue weighted by Gasteiger charge is 2.11. The van der Waals surface area contributed by atoms with Gasteiger partial charge in [0.15, 0.2) is 0 Å². The molecule has 0 aromatic carbocycles. The third-order valence-electron chi connectivity index (χ3n) is 2.43. The Kier molecular flexibility index (Phi) is 5.15. The second-order valence-corrected chi connectivity index (χ2v) is 4.34. The van der Waals surface area contributed by atoms with Gasteiger partial charge in [-0.25, -0.2) is 9.97 Å². The van der Waals surface area contributed by atoms with Gasteiger partial charge in [0.2, 0.25) is 5.88 Å². The van der Waals surface area contributed by atoms with Crippen LogP contribution in [0.1, 0.15) is 32.8 Å². The van der Waals surface area contributed by atoms with Gasteiger partial charge in [0, 0.05) is 12.1 Å². The second-order valence-electron chi connectivity index (χ2n) is 4.34. The molecule has 0 aliphatic heterocycles. The van der Waals surface area contributed by atoms with Gasteiger partial charge in [0.25, 0.3) is 0 Å². The lowest BCUT2D eigenvalue weighted by atomic mass is 10.1. The summed E-state index contributed by atoms with van der Waals surface area (Å²) in [5.41, 5.74) is 6.70. The van der Waals surface area contributed by atoms with Crippen LogP contribution in [0, 0.1) is 6.92 Å². The standard InChI is InChI=1S/C12H22N4O/c1-5-17-12-10(4)11(14-7-15-12)16-9(3)6-8(2)13/h7-9H,5-6,13H2,1-4H3,(H,14,15,16). The lowest BCUT2D eigenvalue weighted by Crippen LogP contribution is -2.26. The number of hydrogen-bond acceptors (Lipinski definition) is 5. The van der Waals surface area contributed by atoms with Gasteiger partial charge in [0.05, 0.1) is 12.2 Å².